The van der Waals surface area contributed by atoms with Crippen molar-refractivity contribution in [2.24, 2.45) is 0 Å². The topological polar surface area (TPSA) is 87.3 Å². The highest BCUT2D eigenvalue weighted by Crippen LogP contribution is 2.24. The van der Waals surface area contributed by atoms with Crippen LogP contribution >= 0.6 is 43.6 Å². The van der Waals surface area contributed by atoms with Gasteiger partial charge in [-0.25, -0.2) is 0 Å². The zero-order chi connectivity index (χ0) is 27.6. The molecule has 0 aliphatic heterocycles. The first kappa shape index (κ1) is 28.4. The van der Waals surface area contributed by atoms with Gasteiger partial charge in [0.05, 0.1) is 11.4 Å². The van der Waals surface area contributed by atoms with Gasteiger partial charge in [0, 0.05) is 25.1 Å². The molecule has 0 bridgehead atoms. The predicted molar refractivity (Wildman–Crippen MR) is 165 cm³/mol. The van der Waals surface area contributed by atoms with Gasteiger partial charge in [0.25, 0.3) is 11.8 Å². The summed E-state index contributed by atoms with van der Waals surface area (Å²) in [6.07, 6.45) is 1.62. The average Bonchev–Trinajstić information content (AvgIpc) is 2.94. The van der Waals surface area contributed by atoms with E-state index in [4.69, 9.17) is 0 Å². The molecular formula is C30H23Br2N3O3S. The van der Waals surface area contributed by atoms with Gasteiger partial charge < -0.3 is 16.0 Å². The van der Waals surface area contributed by atoms with E-state index < -0.39 is 11.8 Å². The third-order valence-corrected chi connectivity index (χ3v) is 7.53. The molecule has 0 saturated heterocycles. The molecule has 0 radical (unpaired) electrons. The van der Waals surface area contributed by atoms with Crippen LogP contribution in [0.5, 0.6) is 0 Å². The van der Waals surface area contributed by atoms with Crippen molar-refractivity contribution in [3.8, 4) is 0 Å². The second kappa shape index (κ2) is 13.9. The van der Waals surface area contributed by atoms with Gasteiger partial charge in [0.1, 0.15) is 5.70 Å². The number of thioether (sulfide) groups is 1. The first-order valence-corrected chi connectivity index (χ1v) is 14.4. The highest BCUT2D eigenvalue weighted by atomic mass is 79.9. The maximum Gasteiger partial charge on any atom is 0.272 e. The van der Waals surface area contributed by atoms with E-state index in [9.17, 15) is 14.4 Å². The molecule has 3 amide bonds. The predicted octanol–water partition coefficient (Wildman–Crippen LogP) is 7.35. The molecule has 6 nitrogen and oxygen atoms in total. The van der Waals surface area contributed by atoms with Crippen molar-refractivity contribution >= 4 is 78.8 Å². The lowest BCUT2D eigenvalue weighted by atomic mass is 10.1. The lowest BCUT2D eigenvalue weighted by Gasteiger charge is -2.12. The van der Waals surface area contributed by atoms with Crippen LogP contribution in [0.15, 0.2) is 123 Å². The van der Waals surface area contributed by atoms with Gasteiger partial charge >= 0.3 is 0 Å². The van der Waals surface area contributed by atoms with E-state index in [-0.39, 0.29) is 17.4 Å². The lowest BCUT2D eigenvalue weighted by molar-refractivity contribution is -0.114. The number of carbonyl (C=O) groups excluding carboxylic acids is 3. The first-order valence-electron chi connectivity index (χ1n) is 11.8. The number of para-hydroxylation sites is 1. The summed E-state index contributed by atoms with van der Waals surface area (Å²) >= 11 is 8.17. The standard InChI is InChI=1S/C30H23Br2N3O3S/c31-22-15-13-20(14-16-22)17-27(35-29(37)21-7-2-1-3-8-21)30(38)33-23-9-6-10-24(18-23)39-19-28(36)34-26-12-5-4-11-25(26)32/h1-18H,19H2,(H,33,38)(H,34,36)(H,35,37)/b27-17-. The van der Waals surface area contributed by atoms with Crippen molar-refractivity contribution in [3.63, 3.8) is 0 Å². The Bertz CT molecular complexity index is 1510. The molecule has 4 rings (SSSR count). The van der Waals surface area contributed by atoms with Crippen molar-refractivity contribution in [2.75, 3.05) is 16.4 Å². The van der Waals surface area contributed by atoms with Crippen molar-refractivity contribution in [1.82, 2.24) is 5.32 Å². The molecule has 0 unspecified atom stereocenters. The molecule has 39 heavy (non-hydrogen) atoms. The number of amides is 3. The van der Waals surface area contributed by atoms with Crippen molar-refractivity contribution in [1.29, 1.82) is 0 Å². The number of halogens is 2. The van der Waals surface area contributed by atoms with Crippen LogP contribution in [0.1, 0.15) is 15.9 Å². The van der Waals surface area contributed by atoms with E-state index in [2.05, 4.69) is 47.8 Å². The van der Waals surface area contributed by atoms with Crippen molar-refractivity contribution < 1.29 is 14.4 Å². The van der Waals surface area contributed by atoms with Gasteiger partial charge in [0.2, 0.25) is 5.91 Å². The molecule has 0 spiro atoms. The maximum atomic E-state index is 13.3. The molecule has 0 fully saturated rings. The molecule has 196 valence electrons. The summed E-state index contributed by atoms with van der Waals surface area (Å²) in [5.74, 6) is -0.823. The van der Waals surface area contributed by atoms with Crippen LogP contribution in [-0.4, -0.2) is 23.5 Å². The van der Waals surface area contributed by atoms with Crippen LogP contribution in [-0.2, 0) is 9.59 Å². The highest BCUT2D eigenvalue weighted by Gasteiger charge is 2.15. The van der Waals surface area contributed by atoms with E-state index >= 15 is 0 Å². The number of carbonyl (C=O) groups is 3. The molecule has 0 atom stereocenters. The fourth-order valence-electron chi connectivity index (χ4n) is 3.43. The summed E-state index contributed by atoms with van der Waals surface area (Å²) in [5, 5.41) is 8.46. The molecule has 0 aromatic heterocycles. The fourth-order valence-corrected chi connectivity index (χ4v) is 4.83. The minimum atomic E-state index is -0.476. The molecule has 0 aliphatic rings. The normalized spacial score (nSPS) is 11.0. The highest BCUT2D eigenvalue weighted by molar-refractivity contribution is 9.10. The third-order valence-electron chi connectivity index (χ3n) is 5.32. The molecule has 4 aromatic carbocycles. The number of hydrogen-bond acceptors (Lipinski definition) is 4. The minimum Gasteiger partial charge on any atom is -0.324 e. The molecule has 3 N–H and O–H groups in total. The van der Waals surface area contributed by atoms with E-state index in [0.717, 1.165) is 19.4 Å². The van der Waals surface area contributed by atoms with Crippen molar-refractivity contribution in [3.05, 3.63) is 129 Å². The van der Waals surface area contributed by atoms with Gasteiger partial charge in [-0.05, 0) is 82.2 Å². The van der Waals surface area contributed by atoms with Crippen LogP contribution in [0.4, 0.5) is 11.4 Å². The molecule has 9 heteroatoms. The number of rotatable bonds is 9. The fraction of sp³-hybridized carbons (Fsp3) is 0.0333. The molecule has 0 heterocycles. The second-order valence-corrected chi connectivity index (χ2v) is 11.0. The van der Waals surface area contributed by atoms with Crippen molar-refractivity contribution in [2.45, 2.75) is 4.90 Å². The van der Waals surface area contributed by atoms with Gasteiger partial charge in [-0.2, -0.15) is 0 Å². The van der Waals surface area contributed by atoms with E-state index in [1.54, 1.807) is 48.5 Å². The second-order valence-electron chi connectivity index (χ2n) is 8.23. The number of benzene rings is 4. The Morgan fingerprint density at radius 2 is 1.49 bits per heavy atom. The van der Waals surface area contributed by atoms with Crippen LogP contribution in [0.25, 0.3) is 6.08 Å². The third kappa shape index (κ3) is 8.68. The Kier molecular flexibility index (Phi) is 10.1. The molecule has 0 saturated carbocycles. The molecular weight excluding hydrogens is 642 g/mol. The zero-order valence-corrected chi connectivity index (χ0v) is 24.5. The minimum absolute atomic E-state index is 0.0945. The van der Waals surface area contributed by atoms with Crippen LogP contribution in [0.3, 0.4) is 0 Å². The summed E-state index contributed by atoms with van der Waals surface area (Å²) < 4.78 is 1.71. The summed E-state index contributed by atoms with van der Waals surface area (Å²) in [7, 11) is 0. The van der Waals surface area contributed by atoms with Gasteiger partial charge in [-0.1, -0.05) is 64.5 Å². The Labute approximate surface area is 247 Å². The largest absolute Gasteiger partial charge is 0.324 e. The molecule has 4 aromatic rings. The van der Waals surface area contributed by atoms with E-state index in [0.29, 0.717) is 16.9 Å². The number of hydrogen-bond donors (Lipinski definition) is 3. The summed E-state index contributed by atoms with van der Waals surface area (Å²) in [4.78, 5) is 39.4. The Hall–Kier alpha value is -3.66. The van der Waals surface area contributed by atoms with Crippen LogP contribution in [0.2, 0.25) is 0 Å². The summed E-state index contributed by atoms with van der Waals surface area (Å²) in [6.45, 7) is 0. The quantitative estimate of drug-likeness (QED) is 0.129. The van der Waals surface area contributed by atoms with Crippen LogP contribution < -0.4 is 16.0 Å². The van der Waals surface area contributed by atoms with Gasteiger partial charge in [0.15, 0.2) is 0 Å². The smallest absolute Gasteiger partial charge is 0.272 e. The number of nitrogens with one attached hydrogen (secondary N) is 3. The van der Waals surface area contributed by atoms with Crippen LogP contribution in [0, 0.1) is 0 Å². The Balaban J connectivity index is 1.45. The van der Waals surface area contributed by atoms with E-state index in [1.165, 1.54) is 11.8 Å². The summed E-state index contributed by atoms with van der Waals surface area (Å²) in [6, 6.07) is 30.7. The Morgan fingerprint density at radius 3 is 2.23 bits per heavy atom. The number of anilines is 2. The maximum absolute atomic E-state index is 13.3. The monoisotopic (exact) mass is 663 g/mol. The van der Waals surface area contributed by atoms with E-state index in [1.807, 2.05) is 60.7 Å². The average molecular weight is 665 g/mol. The van der Waals surface area contributed by atoms with Gasteiger partial charge in [-0.15, -0.1) is 11.8 Å². The lowest BCUT2D eigenvalue weighted by Crippen LogP contribution is -2.30. The first-order chi connectivity index (χ1) is 18.9. The summed E-state index contributed by atoms with van der Waals surface area (Å²) in [5.41, 5.74) is 2.51. The SMILES string of the molecule is O=C(CSc1cccc(NC(=O)/C(=C/c2ccc(Br)cc2)NC(=O)c2ccccc2)c1)Nc1ccccc1Br. The van der Waals surface area contributed by atoms with Gasteiger partial charge in [-0.3, -0.25) is 14.4 Å². The zero-order valence-electron chi connectivity index (χ0n) is 20.5. The molecule has 0 aliphatic carbocycles. The Morgan fingerprint density at radius 1 is 0.769 bits per heavy atom.